The zero-order valence-electron chi connectivity index (χ0n) is 6.90. The van der Waals surface area contributed by atoms with Gasteiger partial charge >= 0.3 is 0 Å². The maximum Gasteiger partial charge on any atom is 0.207 e. The van der Waals surface area contributed by atoms with E-state index in [2.05, 4.69) is 15.0 Å². The van der Waals surface area contributed by atoms with Crippen LogP contribution in [0.4, 0.5) is 0 Å². The van der Waals surface area contributed by atoms with Crippen LogP contribution in [0, 0.1) is 0 Å². The van der Waals surface area contributed by atoms with Crippen molar-refractivity contribution in [1.82, 2.24) is 4.98 Å². The van der Waals surface area contributed by atoms with Gasteiger partial charge in [0.15, 0.2) is 0 Å². The van der Waals surface area contributed by atoms with Crippen LogP contribution in [0.5, 0.6) is 0 Å². The highest BCUT2D eigenvalue weighted by Crippen LogP contribution is 2.06. The Morgan fingerprint density at radius 2 is 2.54 bits per heavy atom. The summed E-state index contributed by atoms with van der Waals surface area (Å²) in [6.45, 7) is 0. The van der Waals surface area contributed by atoms with Gasteiger partial charge in [-0.25, -0.2) is 4.98 Å². The van der Waals surface area contributed by atoms with E-state index in [1.807, 2.05) is 0 Å². The van der Waals surface area contributed by atoms with Gasteiger partial charge in [-0.3, -0.25) is 4.79 Å². The number of oxime groups is 1. The van der Waals surface area contributed by atoms with E-state index in [1.165, 1.54) is 19.4 Å². The lowest BCUT2D eigenvalue weighted by molar-refractivity contribution is 0.106. The molecule has 0 saturated heterocycles. The number of hydrogen-bond donors (Lipinski definition) is 0. The summed E-state index contributed by atoms with van der Waals surface area (Å²) in [5.41, 5.74) is 0.431. The molecule has 0 aromatic carbocycles. The molecule has 0 N–H and O–H groups in total. The first-order chi connectivity index (χ1) is 6.24. The molecule has 0 aliphatic carbocycles. The van der Waals surface area contributed by atoms with Gasteiger partial charge < -0.3 is 4.84 Å². The molecule has 0 radical (unpaired) electrons. The summed E-state index contributed by atoms with van der Waals surface area (Å²) in [6.07, 6.45) is 2.53. The van der Waals surface area contributed by atoms with Gasteiger partial charge in [0, 0.05) is 11.8 Å². The van der Waals surface area contributed by atoms with Gasteiger partial charge in [0.05, 0.1) is 0 Å². The van der Waals surface area contributed by atoms with Crippen molar-refractivity contribution < 1.29 is 9.63 Å². The fourth-order valence-corrected chi connectivity index (χ4v) is 0.905. The largest absolute Gasteiger partial charge is 0.399 e. The predicted molar refractivity (Wildman–Crippen MR) is 49.1 cm³/mol. The fraction of sp³-hybridized carbons (Fsp3) is 0.125. The molecule has 0 unspecified atom stereocenters. The van der Waals surface area contributed by atoms with Crippen LogP contribution in [-0.2, 0) is 4.84 Å². The van der Waals surface area contributed by atoms with Crippen molar-refractivity contribution in [2.45, 2.75) is 0 Å². The zero-order chi connectivity index (χ0) is 9.68. The minimum Gasteiger partial charge on any atom is -0.399 e. The Morgan fingerprint density at radius 1 is 1.77 bits per heavy atom. The number of nitrogens with zero attached hydrogens (tertiary/aromatic N) is 2. The van der Waals surface area contributed by atoms with Crippen molar-refractivity contribution in [2.24, 2.45) is 5.16 Å². The van der Waals surface area contributed by atoms with Crippen LogP contribution in [0.3, 0.4) is 0 Å². The van der Waals surface area contributed by atoms with Crippen molar-refractivity contribution in [3.63, 3.8) is 0 Å². The Morgan fingerprint density at radius 3 is 3.15 bits per heavy atom. The SMILES string of the molecule is CON=CC(=O)c1ccnc(Cl)c1. The molecule has 0 aliphatic rings. The molecular weight excluding hydrogens is 192 g/mol. The van der Waals surface area contributed by atoms with Gasteiger partial charge in [-0.05, 0) is 12.1 Å². The van der Waals surface area contributed by atoms with Gasteiger partial charge in [-0.15, -0.1) is 0 Å². The molecule has 0 spiro atoms. The predicted octanol–water partition coefficient (Wildman–Crippen LogP) is 1.55. The quantitative estimate of drug-likeness (QED) is 0.321. The molecule has 1 aromatic heterocycles. The van der Waals surface area contributed by atoms with Crippen molar-refractivity contribution in [1.29, 1.82) is 0 Å². The minimum atomic E-state index is -0.272. The van der Waals surface area contributed by atoms with Crippen molar-refractivity contribution in [3.05, 3.63) is 29.0 Å². The van der Waals surface area contributed by atoms with Crippen molar-refractivity contribution >= 4 is 23.6 Å². The second-order valence-electron chi connectivity index (χ2n) is 2.15. The molecule has 0 saturated carbocycles. The summed E-state index contributed by atoms with van der Waals surface area (Å²) in [4.78, 5) is 19.3. The molecule has 5 heteroatoms. The van der Waals surface area contributed by atoms with E-state index in [0.717, 1.165) is 6.21 Å². The molecule has 1 aromatic rings. The lowest BCUT2D eigenvalue weighted by Gasteiger charge is -1.94. The lowest BCUT2D eigenvalue weighted by atomic mass is 10.2. The van der Waals surface area contributed by atoms with Crippen molar-refractivity contribution in [2.75, 3.05) is 7.11 Å². The van der Waals surface area contributed by atoms with Gasteiger partial charge in [-0.2, -0.15) is 0 Å². The monoisotopic (exact) mass is 198 g/mol. The molecular formula is C8H7ClN2O2. The van der Waals surface area contributed by atoms with E-state index in [-0.39, 0.29) is 10.9 Å². The van der Waals surface area contributed by atoms with Crippen LogP contribution < -0.4 is 0 Å². The Labute approximate surface area is 80.2 Å². The van der Waals surface area contributed by atoms with Gasteiger partial charge in [0.25, 0.3) is 0 Å². The van der Waals surface area contributed by atoms with Crippen LogP contribution in [0.2, 0.25) is 5.15 Å². The van der Waals surface area contributed by atoms with E-state index >= 15 is 0 Å². The van der Waals surface area contributed by atoms with Gasteiger partial charge in [-0.1, -0.05) is 16.8 Å². The number of halogens is 1. The Hall–Kier alpha value is -1.42. The van der Waals surface area contributed by atoms with E-state index in [1.54, 1.807) is 6.07 Å². The molecule has 0 aliphatic heterocycles. The van der Waals surface area contributed by atoms with Crippen LogP contribution in [0.15, 0.2) is 23.5 Å². The number of Topliss-reactive ketones (excluding diaryl/α,β-unsaturated/α-hetero) is 1. The Kier molecular flexibility index (Phi) is 3.40. The Balaban J connectivity index is 2.83. The highest BCUT2D eigenvalue weighted by molar-refractivity contribution is 6.36. The minimum absolute atomic E-state index is 0.272. The van der Waals surface area contributed by atoms with Crippen LogP contribution >= 0.6 is 11.6 Å². The molecule has 1 rings (SSSR count). The maximum absolute atomic E-state index is 11.2. The first-order valence-corrected chi connectivity index (χ1v) is 3.84. The van der Waals surface area contributed by atoms with Crippen molar-refractivity contribution in [3.8, 4) is 0 Å². The number of pyridine rings is 1. The third-order valence-electron chi connectivity index (χ3n) is 1.29. The fourth-order valence-electron chi connectivity index (χ4n) is 0.731. The molecule has 0 bridgehead atoms. The van der Waals surface area contributed by atoms with Gasteiger partial charge in [0.2, 0.25) is 5.78 Å². The van der Waals surface area contributed by atoms with E-state index in [4.69, 9.17) is 11.6 Å². The topological polar surface area (TPSA) is 51.5 Å². The molecule has 0 atom stereocenters. The van der Waals surface area contributed by atoms with Crippen LogP contribution in [-0.4, -0.2) is 24.1 Å². The first kappa shape index (κ1) is 9.67. The lowest BCUT2D eigenvalue weighted by Crippen LogP contribution is -2.00. The summed E-state index contributed by atoms with van der Waals surface area (Å²) in [5, 5.41) is 3.61. The number of carbonyl (C=O) groups is 1. The summed E-state index contributed by atoms with van der Waals surface area (Å²) in [7, 11) is 1.36. The van der Waals surface area contributed by atoms with E-state index in [0.29, 0.717) is 5.56 Å². The number of hydrogen-bond acceptors (Lipinski definition) is 4. The third kappa shape index (κ3) is 2.83. The zero-order valence-corrected chi connectivity index (χ0v) is 7.65. The highest BCUT2D eigenvalue weighted by atomic mass is 35.5. The average Bonchev–Trinajstić information content (AvgIpc) is 2.14. The normalized spacial score (nSPS) is 10.3. The number of aromatic nitrogens is 1. The Bertz CT molecular complexity index is 339. The number of rotatable bonds is 3. The molecule has 1 heterocycles. The molecule has 0 amide bonds. The van der Waals surface area contributed by atoms with Gasteiger partial charge in [0.1, 0.15) is 18.5 Å². The number of ketones is 1. The molecule has 13 heavy (non-hydrogen) atoms. The molecule has 68 valence electrons. The summed E-state index contributed by atoms with van der Waals surface area (Å²) in [5.74, 6) is -0.272. The molecule has 0 fully saturated rings. The van der Waals surface area contributed by atoms with E-state index < -0.39 is 0 Å². The summed E-state index contributed by atoms with van der Waals surface area (Å²) in [6, 6.07) is 3.02. The highest BCUT2D eigenvalue weighted by Gasteiger charge is 2.02. The van der Waals surface area contributed by atoms with Crippen LogP contribution in [0.1, 0.15) is 10.4 Å². The maximum atomic E-state index is 11.2. The second kappa shape index (κ2) is 4.57. The summed E-state index contributed by atoms with van der Waals surface area (Å²) < 4.78 is 0. The third-order valence-corrected chi connectivity index (χ3v) is 1.49. The second-order valence-corrected chi connectivity index (χ2v) is 2.54. The van der Waals surface area contributed by atoms with E-state index in [9.17, 15) is 4.79 Å². The average molecular weight is 199 g/mol. The first-order valence-electron chi connectivity index (χ1n) is 3.46. The smallest absolute Gasteiger partial charge is 0.207 e. The van der Waals surface area contributed by atoms with Crippen LogP contribution in [0.25, 0.3) is 0 Å². The number of carbonyl (C=O) groups excluding carboxylic acids is 1. The summed E-state index contributed by atoms with van der Waals surface area (Å²) >= 11 is 5.58. The standard InChI is InChI=1S/C8H7ClN2O2/c1-13-11-5-7(12)6-2-3-10-8(9)4-6/h2-5H,1H3. The molecule has 4 nitrogen and oxygen atoms in total.